The van der Waals surface area contributed by atoms with E-state index in [4.69, 9.17) is 25.7 Å². The number of thioether (sulfide) groups is 1. The average molecular weight is 470 g/mol. The number of methoxy groups -OCH3 is 1. The van der Waals surface area contributed by atoms with Crippen LogP contribution in [0.2, 0.25) is 0 Å². The Kier molecular flexibility index (Phi) is 6.41. The molecule has 33 heavy (non-hydrogen) atoms. The van der Waals surface area contributed by atoms with Crippen molar-refractivity contribution in [1.29, 1.82) is 0 Å². The molecule has 2 heterocycles. The van der Waals surface area contributed by atoms with Gasteiger partial charge in [-0.1, -0.05) is 60.7 Å². The number of esters is 1. The molecule has 172 valence electrons. The van der Waals surface area contributed by atoms with E-state index >= 15 is 0 Å². The van der Waals surface area contributed by atoms with Crippen molar-refractivity contribution in [2.24, 2.45) is 11.5 Å². The highest BCUT2D eigenvalue weighted by Gasteiger charge is 2.63. The summed E-state index contributed by atoms with van der Waals surface area (Å²) < 4.78 is 16.1. The predicted molar refractivity (Wildman–Crippen MR) is 120 cm³/mol. The summed E-state index contributed by atoms with van der Waals surface area (Å²) in [6.07, 6.45) is -1.71. The second-order valence-electron chi connectivity index (χ2n) is 7.50. The van der Waals surface area contributed by atoms with Crippen molar-refractivity contribution in [1.82, 2.24) is 4.90 Å². The Morgan fingerprint density at radius 1 is 1.12 bits per heavy atom. The van der Waals surface area contributed by atoms with E-state index in [1.54, 1.807) is 0 Å². The molecule has 0 saturated carbocycles. The highest BCUT2D eigenvalue weighted by atomic mass is 32.2. The summed E-state index contributed by atoms with van der Waals surface area (Å²) in [5, 5.41) is -0.623. The van der Waals surface area contributed by atoms with Gasteiger partial charge in [0.1, 0.15) is 17.7 Å². The van der Waals surface area contributed by atoms with Gasteiger partial charge >= 0.3 is 12.1 Å². The van der Waals surface area contributed by atoms with Gasteiger partial charge in [-0.25, -0.2) is 9.59 Å². The van der Waals surface area contributed by atoms with Crippen LogP contribution in [0.1, 0.15) is 17.2 Å². The van der Waals surface area contributed by atoms with Gasteiger partial charge in [-0.3, -0.25) is 15.4 Å². The fourth-order valence-corrected chi connectivity index (χ4v) is 5.18. The molecule has 10 heteroatoms. The largest absolute Gasteiger partial charge is 0.448 e. The summed E-state index contributed by atoms with van der Waals surface area (Å²) in [6, 6.07) is 18.5. The molecule has 1 saturated heterocycles. The standard InChI is InChI=1S/C23H23N3O6S/c1-30-23(25)20(28)26-17(16(12-31-22(24)29)13-33-21(23)26)19(27)32-18(14-8-4-2-5-9-14)15-10-6-3-7-11-15/h2-11,18,21H,12-13,25H2,1H3,(H2,24,29)/t21-,23-/m0/s1. The molecule has 9 nitrogen and oxygen atoms in total. The van der Waals surface area contributed by atoms with Crippen LogP contribution in [0.25, 0.3) is 0 Å². The smallest absolute Gasteiger partial charge is 0.404 e. The number of amides is 2. The fourth-order valence-electron chi connectivity index (χ4n) is 3.81. The number of benzene rings is 2. The van der Waals surface area contributed by atoms with Crippen LogP contribution in [-0.4, -0.2) is 53.4 Å². The Hall–Kier alpha value is -3.34. The van der Waals surface area contributed by atoms with E-state index < -0.39 is 35.2 Å². The third kappa shape index (κ3) is 4.20. The number of nitrogens with zero attached hydrogens (tertiary/aromatic N) is 1. The number of nitrogens with two attached hydrogens (primary N) is 2. The minimum atomic E-state index is -1.55. The predicted octanol–water partition coefficient (Wildman–Crippen LogP) is 1.89. The highest BCUT2D eigenvalue weighted by Crippen LogP contribution is 2.46. The van der Waals surface area contributed by atoms with Crippen molar-refractivity contribution < 1.29 is 28.6 Å². The molecule has 1 fully saturated rings. The molecule has 2 aromatic carbocycles. The van der Waals surface area contributed by atoms with E-state index in [9.17, 15) is 14.4 Å². The van der Waals surface area contributed by atoms with Gasteiger partial charge in [0.15, 0.2) is 6.10 Å². The molecule has 0 unspecified atom stereocenters. The van der Waals surface area contributed by atoms with Crippen LogP contribution < -0.4 is 11.5 Å². The molecular formula is C23H23N3O6S. The zero-order valence-electron chi connectivity index (χ0n) is 17.8. The quantitative estimate of drug-likeness (QED) is 0.357. The zero-order valence-corrected chi connectivity index (χ0v) is 18.6. The van der Waals surface area contributed by atoms with Crippen LogP contribution in [-0.2, 0) is 23.8 Å². The summed E-state index contributed by atoms with van der Waals surface area (Å²) in [5.74, 6) is -1.05. The number of hydrogen-bond acceptors (Lipinski definition) is 8. The van der Waals surface area contributed by atoms with Crippen molar-refractivity contribution >= 4 is 29.7 Å². The number of β-lactam (4-membered cyclic amide) rings is 1. The van der Waals surface area contributed by atoms with Crippen LogP contribution in [0, 0.1) is 0 Å². The summed E-state index contributed by atoms with van der Waals surface area (Å²) in [5.41, 5.74) is 11.6. The summed E-state index contributed by atoms with van der Waals surface area (Å²) >= 11 is 1.30. The van der Waals surface area contributed by atoms with Crippen LogP contribution in [0.5, 0.6) is 0 Å². The number of hydrogen-bond donors (Lipinski definition) is 2. The molecule has 0 bridgehead atoms. The lowest BCUT2D eigenvalue weighted by atomic mass is 9.99. The maximum atomic E-state index is 13.5. The number of primary amides is 1. The minimum Gasteiger partial charge on any atom is -0.448 e. The molecule has 2 aliphatic rings. The number of ether oxygens (including phenoxy) is 3. The van der Waals surface area contributed by atoms with Gasteiger partial charge in [0, 0.05) is 18.4 Å². The molecule has 2 atom stereocenters. The summed E-state index contributed by atoms with van der Waals surface area (Å²) in [4.78, 5) is 38.8. The Morgan fingerprint density at radius 2 is 1.70 bits per heavy atom. The first-order valence-corrected chi connectivity index (χ1v) is 11.2. The second kappa shape index (κ2) is 9.26. The SMILES string of the molecule is CO[C@@]1(N)C(=O)N2C(C(=O)OC(c3ccccc3)c3ccccc3)=C(COC(N)=O)CS[C@H]21. The van der Waals surface area contributed by atoms with E-state index in [1.165, 1.54) is 23.8 Å². The molecule has 0 radical (unpaired) electrons. The highest BCUT2D eigenvalue weighted by molar-refractivity contribution is 8.00. The topological polar surface area (TPSA) is 134 Å². The monoisotopic (exact) mass is 469 g/mol. The van der Waals surface area contributed by atoms with E-state index in [0.717, 1.165) is 11.1 Å². The number of fused-ring (bicyclic) bond motifs is 1. The van der Waals surface area contributed by atoms with Gasteiger partial charge in [-0.05, 0) is 11.1 Å². The molecule has 2 aromatic rings. The van der Waals surface area contributed by atoms with E-state index in [1.807, 2.05) is 60.7 Å². The van der Waals surface area contributed by atoms with Crippen molar-refractivity contribution in [3.63, 3.8) is 0 Å². The summed E-state index contributed by atoms with van der Waals surface area (Å²) in [7, 11) is 1.34. The lowest BCUT2D eigenvalue weighted by Crippen LogP contribution is -2.78. The molecule has 0 spiro atoms. The normalized spacial score (nSPS) is 22.0. The summed E-state index contributed by atoms with van der Waals surface area (Å²) in [6.45, 7) is -0.255. The van der Waals surface area contributed by atoms with Gasteiger partial charge in [-0.15, -0.1) is 11.8 Å². The third-order valence-corrected chi connectivity index (χ3v) is 6.89. The molecule has 0 aliphatic carbocycles. The van der Waals surface area contributed by atoms with E-state index in [2.05, 4.69) is 0 Å². The maximum Gasteiger partial charge on any atom is 0.404 e. The van der Waals surface area contributed by atoms with Gasteiger partial charge in [0.25, 0.3) is 5.91 Å². The van der Waals surface area contributed by atoms with Gasteiger partial charge in [0.05, 0.1) is 0 Å². The first-order valence-electron chi connectivity index (χ1n) is 10.1. The lowest BCUT2D eigenvalue weighted by Gasteiger charge is -2.54. The Balaban J connectivity index is 1.70. The molecule has 2 aliphatic heterocycles. The van der Waals surface area contributed by atoms with Crippen LogP contribution in [0.3, 0.4) is 0 Å². The molecule has 4 N–H and O–H groups in total. The second-order valence-corrected chi connectivity index (χ2v) is 8.57. The van der Waals surface area contributed by atoms with Gasteiger partial charge in [-0.2, -0.15) is 0 Å². The van der Waals surface area contributed by atoms with Crippen LogP contribution in [0.4, 0.5) is 4.79 Å². The van der Waals surface area contributed by atoms with Crippen molar-refractivity contribution in [3.05, 3.63) is 83.1 Å². The van der Waals surface area contributed by atoms with Crippen molar-refractivity contribution in [2.75, 3.05) is 19.5 Å². The maximum absolute atomic E-state index is 13.5. The van der Waals surface area contributed by atoms with Crippen LogP contribution >= 0.6 is 11.8 Å². The molecular weight excluding hydrogens is 446 g/mol. The van der Waals surface area contributed by atoms with Crippen LogP contribution in [0.15, 0.2) is 71.9 Å². The molecule has 0 aromatic heterocycles. The lowest BCUT2D eigenvalue weighted by molar-refractivity contribution is -0.184. The number of carbonyl (C=O) groups is 3. The van der Waals surface area contributed by atoms with Crippen molar-refractivity contribution in [3.8, 4) is 0 Å². The average Bonchev–Trinajstić information content (AvgIpc) is 2.85. The van der Waals surface area contributed by atoms with E-state index in [-0.39, 0.29) is 18.1 Å². The van der Waals surface area contributed by atoms with Gasteiger partial charge in [0.2, 0.25) is 5.72 Å². The zero-order chi connectivity index (χ0) is 23.6. The number of rotatable bonds is 7. The third-order valence-electron chi connectivity index (χ3n) is 5.49. The number of carbonyl (C=O) groups excluding carboxylic acids is 3. The van der Waals surface area contributed by atoms with E-state index in [0.29, 0.717) is 5.57 Å². The Morgan fingerprint density at radius 3 is 2.21 bits per heavy atom. The minimum absolute atomic E-state index is 0.0139. The molecule has 4 rings (SSSR count). The molecule has 2 amide bonds. The fraction of sp³-hybridized carbons (Fsp3) is 0.261. The first-order chi connectivity index (χ1) is 15.9. The Labute approximate surface area is 194 Å². The van der Waals surface area contributed by atoms with Crippen molar-refractivity contribution in [2.45, 2.75) is 17.2 Å². The first kappa shape index (κ1) is 22.8. The Bertz CT molecular complexity index is 1050. The van der Waals surface area contributed by atoms with Gasteiger partial charge < -0.3 is 19.9 Å².